The number of carbonyl (C=O) groups excluding carboxylic acids is 1. The molecule has 0 aliphatic rings. The van der Waals surface area contributed by atoms with Crippen molar-refractivity contribution in [1.29, 1.82) is 0 Å². The second-order valence-corrected chi connectivity index (χ2v) is 10.3. The monoisotopic (exact) mass is 436 g/mol. The first-order valence-corrected chi connectivity index (χ1v) is 11.8. The summed E-state index contributed by atoms with van der Waals surface area (Å²) >= 11 is 5.90. The quantitative estimate of drug-likeness (QED) is 0.362. The van der Waals surface area contributed by atoms with Gasteiger partial charge in [0.15, 0.2) is 14.6 Å². The zero-order chi connectivity index (χ0) is 21.5. The molecule has 0 N–H and O–H groups in total. The lowest BCUT2D eigenvalue weighted by molar-refractivity contribution is -0.146. The van der Waals surface area contributed by atoms with Gasteiger partial charge in [0.25, 0.3) is 0 Å². The Morgan fingerprint density at radius 3 is 2.21 bits per heavy atom. The van der Waals surface area contributed by atoms with Gasteiger partial charge >= 0.3 is 5.97 Å². The molecule has 6 heteroatoms. The van der Waals surface area contributed by atoms with E-state index >= 15 is 0 Å². The van der Waals surface area contributed by atoms with Crippen LogP contribution in [0, 0.1) is 6.92 Å². The number of halogens is 1. The van der Waals surface area contributed by atoms with E-state index in [2.05, 4.69) is 0 Å². The van der Waals surface area contributed by atoms with E-state index < -0.39 is 20.6 Å². The zero-order valence-electron chi connectivity index (χ0n) is 17.3. The van der Waals surface area contributed by atoms with Gasteiger partial charge in [-0.15, -0.1) is 0 Å². The molecule has 0 aliphatic heterocycles. The van der Waals surface area contributed by atoms with Crippen molar-refractivity contribution in [2.75, 3.05) is 6.61 Å². The van der Waals surface area contributed by atoms with Gasteiger partial charge in [0.1, 0.15) is 0 Å². The average molecular weight is 437 g/mol. The van der Waals surface area contributed by atoms with Crippen LogP contribution in [-0.4, -0.2) is 25.7 Å². The first kappa shape index (κ1) is 23.4. The third-order valence-corrected chi connectivity index (χ3v) is 7.87. The molecule has 2 rings (SSSR count). The molecular formula is C23H29ClO4S. The highest BCUT2D eigenvalue weighted by molar-refractivity contribution is 7.93. The standard InChI is InChI=1S/C23H29ClO4S/c1-4-28-22(25)23(3,29(26,27)21-15-9-18(2)10-16-21)17-7-5-6-8-19-11-13-20(24)14-12-19/h9-16H,4-8,17H2,1-3H3. The highest BCUT2D eigenvalue weighted by Crippen LogP contribution is 2.32. The number of ether oxygens (including phenoxy) is 1. The molecule has 0 saturated heterocycles. The van der Waals surface area contributed by atoms with E-state index in [-0.39, 0.29) is 17.9 Å². The number of sulfone groups is 1. The molecule has 0 fully saturated rings. The Bertz CT molecular complexity index is 905. The van der Waals surface area contributed by atoms with Crippen LogP contribution in [0.5, 0.6) is 0 Å². The maximum absolute atomic E-state index is 13.3. The third kappa shape index (κ3) is 5.83. The third-order valence-electron chi connectivity index (χ3n) is 5.16. The molecule has 0 amide bonds. The first-order valence-electron chi connectivity index (χ1n) is 9.93. The average Bonchev–Trinajstić information content (AvgIpc) is 2.69. The molecule has 0 aromatic heterocycles. The lowest BCUT2D eigenvalue weighted by atomic mass is 10.0. The fourth-order valence-electron chi connectivity index (χ4n) is 3.23. The fraction of sp³-hybridized carbons (Fsp3) is 0.435. The number of carbonyl (C=O) groups is 1. The highest BCUT2D eigenvalue weighted by atomic mass is 35.5. The van der Waals surface area contributed by atoms with Crippen LogP contribution in [0.4, 0.5) is 0 Å². The Balaban J connectivity index is 2.07. The van der Waals surface area contributed by atoms with Gasteiger partial charge in [-0.05, 0) is 69.9 Å². The topological polar surface area (TPSA) is 60.4 Å². The molecule has 0 heterocycles. The number of rotatable bonds is 10. The molecule has 4 nitrogen and oxygen atoms in total. The predicted molar refractivity (Wildman–Crippen MR) is 117 cm³/mol. The van der Waals surface area contributed by atoms with Crippen molar-refractivity contribution in [3.8, 4) is 0 Å². The maximum atomic E-state index is 13.3. The molecule has 1 unspecified atom stereocenters. The van der Waals surface area contributed by atoms with Gasteiger partial charge in [0, 0.05) is 5.02 Å². The summed E-state index contributed by atoms with van der Waals surface area (Å²) in [5.74, 6) is -0.682. The van der Waals surface area contributed by atoms with Crippen molar-refractivity contribution in [1.82, 2.24) is 0 Å². The summed E-state index contributed by atoms with van der Waals surface area (Å²) < 4.78 is 30.1. The van der Waals surface area contributed by atoms with E-state index in [4.69, 9.17) is 16.3 Å². The second kappa shape index (κ2) is 10.3. The van der Waals surface area contributed by atoms with Crippen LogP contribution in [0.1, 0.15) is 50.7 Å². The predicted octanol–water partition coefficient (Wildman–Crippen LogP) is 5.55. The van der Waals surface area contributed by atoms with Gasteiger partial charge in [-0.25, -0.2) is 8.42 Å². The van der Waals surface area contributed by atoms with Crippen LogP contribution in [0.25, 0.3) is 0 Å². The summed E-state index contributed by atoms with van der Waals surface area (Å²) in [7, 11) is -3.87. The molecule has 0 aliphatic carbocycles. The molecule has 0 spiro atoms. The maximum Gasteiger partial charge on any atom is 0.327 e. The minimum Gasteiger partial charge on any atom is -0.465 e. The Kier molecular flexibility index (Phi) is 8.29. The number of hydrogen-bond donors (Lipinski definition) is 0. The molecular weight excluding hydrogens is 408 g/mol. The summed E-state index contributed by atoms with van der Waals surface area (Å²) in [6, 6.07) is 14.3. The minimum absolute atomic E-state index is 0.147. The molecule has 0 bridgehead atoms. The van der Waals surface area contributed by atoms with Crippen LogP contribution in [-0.2, 0) is 25.8 Å². The molecule has 2 aromatic rings. The van der Waals surface area contributed by atoms with Crippen molar-refractivity contribution in [3.05, 3.63) is 64.7 Å². The van der Waals surface area contributed by atoms with Gasteiger partial charge in [-0.3, -0.25) is 4.79 Å². The van der Waals surface area contributed by atoms with Crippen molar-refractivity contribution < 1.29 is 17.9 Å². The summed E-state index contributed by atoms with van der Waals surface area (Å²) in [4.78, 5) is 12.8. The summed E-state index contributed by atoms with van der Waals surface area (Å²) in [6.45, 7) is 5.21. The van der Waals surface area contributed by atoms with E-state index in [9.17, 15) is 13.2 Å². The molecule has 0 radical (unpaired) electrons. The Morgan fingerprint density at radius 1 is 1.00 bits per heavy atom. The Hall–Kier alpha value is -1.85. The van der Waals surface area contributed by atoms with E-state index in [0.717, 1.165) is 24.8 Å². The molecule has 0 saturated carbocycles. The lowest BCUT2D eigenvalue weighted by Crippen LogP contribution is -2.45. The van der Waals surface area contributed by atoms with Crippen molar-refractivity contribution in [3.63, 3.8) is 0 Å². The van der Waals surface area contributed by atoms with Crippen molar-refractivity contribution >= 4 is 27.4 Å². The van der Waals surface area contributed by atoms with Gasteiger partial charge in [0.2, 0.25) is 0 Å². The minimum atomic E-state index is -3.87. The van der Waals surface area contributed by atoms with Crippen LogP contribution in [0.2, 0.25) is 5.02 Å². The smallest absolute Gasteiger partial charge is 0.327 e. The number of esters is 1. The van der Waals surface area contributed by atoms with Gasteiger partial charge in [-0.1, -0.05) is 54.3 Å². The van der Waals surface area contributed by atoms with Crippen molar-refractivity contribution in [2.45, 2.75) is 62.5 Å². The Labute approximate surface area is 179 Å². The number of hydrogen-bond acceptors (Lipinski definition) is 4. The van der Waals surface area contributed by atoms with E-state index in [1.807, 2.05) is 31.2 Å². The number of aryl methyl sites for hydroxylation is 2. The molecule has 1 atom stereocenters. The molecule has 29 heavy (non-hydrogen) atoms. The normalized spacial score (nSPS) is 13.7. The van der Waals surface area contributed by atoms with Gasteiger partial charge < -0.3 is 4.74 Å². The van der Waals surface area contributed by atoms with Crippen LogP contribution in [0.3, 0.4) is 0 Å². The van der Waals surface area contributed by atoms with Crippen LogP contribution < -0.4 is 0 Å². The van der Waals surface area contributed by atoms with Crippen LogP contribution in [0.15, 0.2) is 53.4 Å². The van der Waals surface area contributed by atoms with Gasteiger partial charge in [0.05, 0.1) is 11.5 Å². The summed E-state index contributed by atoms with van der Waals surface area (Å²) in [5, 5.41) is 0.709. The first-order chi connectivity index (χ1) is 13.7. The van der Waals surface area contributed by atoms with Crippen molar-refractivity contribution in [2.24, 2.45) is 0 Å². The summed E-state index contributed by atoms with van der Waals surface area (Å²) in [6.07, 6.45) is 3.46. The number of benzene rings is 2. The van der Waals surface area contributed by atoms with E-state index in [1.165, 1.54) is 12.5 Å². The summed E-state index contributed by atoms with van der Waals surface area (Å²) in [5.41, 5.74) is 2.15. The van der Waals surface area contributed by atoms with Crippen LogP contribution >= 0.6 is 11.6 Å². The molecule has 2 aromatic carbocycles. The number of unbranched alkanes of at least 4 members (excludes halogenated alkanes) is 2. The SMILES string of the molecule is CCOC(=O)C(C)(CCCCCc1ccc(Cl)cc1)S(=O)(=O)c1ccc(C)cc1. The highest BCUT2D eigenvalue weighted by Gasteiger charge is 2.47. The largest absolute Gasteiger partial charge is 0.465 e. The Morgan fingerprint density at radius 2 is 1.62 bits per heavy atom. The van der Waals surface area contributed by atoms with Gasteiger partial charge in [-0.2, -0.15) is 0 Å². The fourth-order valence-corrected chi connectivity index (χ4v) is 5.06. The lowest BCUT2D eigenvalue weighted by Gasteiger charge is -2.27. The zero-order valence-corrected chi connectivity index (χ0v) is 18.9. The second-order valence-electron chi connectivity index (χ2n) is 7.45. The van der Waals surface area contributed by atoms with E-state index in [1.54, 1.807) is 31.2 Å². The van der Waals surface area contributed by atoms with E-state index in [0.29, 0.717) is 11.4 Å². The molecule has 158 valence electrons.